The van der Waals surface area contributed by atoms with E-state index in [1.54, 1.807) is 4.31 Å². The molecule has 1 aromatic heterocycles. The lowest BCUT2D eigenvalue weighted by atomic mass is 10.4. The normalized spacial score (nSPS) is 19.8. The maximum absolute atomic E-state index is 12.6. The molecule has 104 valence electrons. The first-order valence-electron chi connectivity index (χ1n) is 6.74. The van der Waals surface area contributed by atoms with Crippen molar-refractivity contribution in [2.24, 2.45) is 11.8 Å². The molecule has 5 nitrogen and oxygen atoms in total. The zero-order chi connectivity index (χ0) is 13.5. The van der Waals surface area contributed by atoms with Crippen LogP contribution in [-0.4, -0.2) is 30.8 Å². The number of rotatable bonds is 6. The number of aromatic nitrogens is 1. The summed E-state index contributed by atoms with van der Waals surface area (Å²) in [5.41, 5.74) is -0.283. The van der Waals surface area contributed by atoms with Gasteiger partial charge in [0.05, 0.1) is 4.90 Å². The van der Waals surface area contributed by atoms with Crippen molar-refractivity contribution in [2.75, 3.05) is 13.1 Å². The molecule has 1 aromatic rings. The Morgan fingerprint density at radius 3 is 2.11 bits per heavy atom. The second-order valence-corrected chi connectivity index (χ2v) is 7.54. The van der Waals surface area contributed by atoms with Gasteiger partial charge >= 0.3 is 0 Å². The van der Waals surface area contributed by atoms with Crippen molar-refractivity contribution >= 4 is 10.0 Å². The van der Waals surface area contributed by atoms with E-state index in [-0.39, 0.29) is 10.5 Å². The highest BCUT2D eigenvalue weighted by molar-refractivity contribution is 7.89. The number of hydrogen-bond donors (Lipinski definition) is 1. The fraction of sp³-hybridized carbons (Fsp3) is 0.615. The summed E-state index contributed by atoms with van der Waals surface area (Å²) in [5, 5.41) is 0. The van der Waals surface area contributed by atoms with E-state index in [0.29, 0.717) is 24.9 Å². The molecule has 3 rings (SSSR count). The molecule has 1 N–H and O–H groups in total. The van der Waals surface area contributed by atoms with Gasteiger partial charge < -0.3 is 4.98 Å². The Morgan fingerprint density at radius 1 is 1.11 bits per heavy atom. The SMILES string of the molecule is O=c1ccc(S(=O)(=O)N(CC2CC2)CC2CC2)c[nH]1. The molecule has 0 amide bonds. The molecule has 0 atom stereocenters. The summed E-state index contributed by atoms with van der Waals surface area (Å²) >= 11 is 0. The summed E-state index contributed by atoms with van der Waals surface area (Å²) < 4.78 is 26.8. The maximum atomic E-state index is 12.6. The molecule has 0 saturated heterocycles. The van der Waals surface area contributed by atoms with Gasteiger partial charge in [0.25, 0.3) is 0 Å². The number of aromatic amines is 1. The van der Waals surface area contributed by atoms with Crippen molar-refractivity contribution in [3.8, 4) is 0 Å². The average molecular weight is 282 g/mol. The summed E-state index contributed by atoms with van der Waals surface area (Å²) in [6.07, 6.45) is 5.81. The summed E-state index contributed by atoms with van der Waals surface area (Å²) in [5.74, 6) is 1.05. The quantitative estimate of drug-likeness (QED) is 0.852. The van der Waals surface area contributed by atoms with Crippen LogP contribution in [0.5, 0.6) is 0 Å². The molecular weight excluding hydrogens is 264 g/mol. The standard InChI is InChI=1S/C13H18N2O3S/c16-13-6-5-12(7-14-13)19(17,18)15(8-10-1-2-10)9-11-3-4-11/h5-7,10-11H,1-4,8-9H2,(H,14,16). The zero-order valence-corrected chi connectivity index (χ0v) is 11.5. The molecule has 2 aliphatic rings. The third kappa shape index (κ3) is 3.06. The second-order valence-electron chi connectivity index (χ2n) is 5.60. The summed E-state index contributed by atoms with van der Waals surface area (Å²) in [7, 11) is -3.46. The number of hydrogen-bond acceptors (Lipinski definition) is 3. The van der Waals surface area contributed by atoms with Gasteiger partial charge in [0.2, 0.25) is 15.6 Å². The Hall–Kier alpha value is -1.14. The van der Waals surface area contributed by atoms with E-state index in [0.717, 1.165) is 25.7 Å². The van der Waals surface area contributed by atoms with Gasteiger partial charge in [0, 0.05) is 25.4 Å². The third-order valence-electron chi connectivity index (χ3n) is 3.71. The van der Waals surface area contributed by atoms with Crippen molar-refractivity contribution in [1.29, 1.82) is 0 Å². The molecule has 0 unspecified atom stereocenters. The summed E-state index contributed by atoms with van der Waals surface area (Å²) in [6, 6.07) is 2.65. The van der Waals surface area contributed by atoms with Gasteiger partial charge in [-0.1, -0.05) is 0 Å². The number of sulfonamides is 1. The Kier molecular flexibility index (Phi) is 3.22. The van der Waals surface area contributed by atoms with Crippen LogP contribution in [-0.2, 0) is 10.0 Å². The Morgan fingerprint density at radius 2 is 1.68 bits per heavy atom. The summed E-state index contributed by atoms with van der Waals surface area (Å²) in [4.78, 5) is 13.7. The average Bonchev–Trinajstić information content (AvgIpc) is 3.23. The van der Waals surface area contributed by atoms with Crippen LogP contribution in [0.2, 0.25) is 0 Å². The van der Waals surface area contributed by atoms with Crippen LogP contribution in [0.15, 0.2) is 28.0 Å². The lowest BCUT2D eigenvalue weighted by Crippen LogP contribution is -2.35. The molecule has 0 bridgehead atoms. The molecular formula is C13H18N2O3S. The van der Waals surface area contributed by atoms with E-state index in [2.05, 4.69) is 4.98 Å². The van der Waals surface area contributed by atoms with Gasteiger partial charge in [-0.15, -0.1) is 0 Å². The number of H-pyrrole nitrogens is 1. The van der Waals surface area contributed by atoms with Crippen LogP contribution in [0.3, 0.4) is 0 Å². The minimum absolute atomic E-state index is 0.188. The van der Waals surface area contributed by atoms with Crippen molar-refractivity contribution in [1.82, 2.24) is 9.29 Å². The topological polar surface area (TPSA) is 70.2 Å². The molecule has 1 heterocycles. The second kappa shape index (κ2) is 4.76. The van der Waals surface area contributed by atoms with Crippen LogP contribution >= 0.6 is 0 Å². The fourth-order valence-electron chi connectivity index (χ4n) is 2.15. The predicted octanol–water partition coefficient (Wildman–Crippen LogP) is 1.19. The van der Waals surface area contributed by atoms with E-state index in [1.807, 2.05) is 0 Å². The molecule has 2 aliphatic carbocycles. The maximum Gasteiger partial charge on any atom is 0.247 e. The fourth-order valence-corrected chi connectivity index (χ4v) is 3.71. The van der Waals surface area contributed by atoms with E-state index in [1.165, 1.54) is 18.3 Å². The predicted molar refractivity (Wildman–Crippen MR) is 71.3 cm³/mol. The zero-order valence-electron chi connectivity index (χ0n) is 10.7. The molecule has 0 radical (unpaired) electrons. The largest absolute Gasteiger partial charge is 0.328 e. The van der Waals surface area contributed by atoms with Gasteiger partial charge in [0.1, 0.15) is 0 Å². The Labute approximate surface area is 112 Å². The number of nitrogens with one attached hydrogen (secondary N) is 1. The number of pyridine rings is 1. The monoisotopic (exact) mass is 282 g/mol. The molecule has 6 heteroatoms. The summed E-state index contributed by atoms with van der Waals surface area (Å²) in [6.45, 7) is 1.25. The number of nitrogens with zero attached hydrogens (tertiary/aromatic N) is 1. The van der Waals surface area contributed by atoms with Crippen LogP contribution < -0.4 is 5.56 Å². The van der Waals surface area contributed by atoms with Gasteiger partial charge in [-0.25, -0.2) is 8.42 Å². The molecule has 0 aliphatic heterocycles. The van der Waals surface area contributed by atoms with Crippen LogP contribution in [0, 0.1) is 11.8 Å². The lowest BCUT2D eigenvalue weighted by molar-refractivity contribution is 0.382. The minimum atomic E-state index is -3.46. The van der Waals surface area contributed by atoms with Crippen LogP contribution in [0.25, 0.3) is 0 Å². The van der Waals surface area contributed by atoms with Gasteiger partial charge in [0.15, 0.2) is 0 Å². The van der Waals surface area contributed by atoms with Gasteiger partial charge in [-0.3, -0.25) is 4.79 Å². The van der Waals surface area contributed by atoms with E-state index in [4.69, 9.17) is 0 Å². The smallest absolute Gasteiger partial charge is 0.247 e. The van der Waals surface area contributed by atoms with Gasteiger partial charge in [-0.2, -0.15) is 4.31 Å². The first-order valence-corrected chi connectivity index (χ1v) is 8.18. The highest BCUT2D eigenvalue weighted by Gasteiger charge is 2.35. The first kappa shape index (κ1) is 12.9. The van der Waals surface area contributed by atoms with E-state index < -0.39 is 10.0 Å². The van der Waals surface area contributed by atoms with Crippen LogP contribution in [0.1, 0.15) is 25.7 Å². The van der Waals surface area contributed by atoms with Crippen LogP contribution in [0.4, 0.5) is 0 Å². The highest BCUT2D eigenvalue weighted by Crippen LogP contribution is 2.35. The Balaban J connectivity index is 1.84. The molecule has 19 heavy (non-hydrogen) atoms. The van der Waals surface area contributed by atoms with Crippen molar-refractivity contribution in [2.45, 2.75) is 30.6 Å². The van der Waals surface area contributed by atoms with E-state index >= 15 is 0 Å². The van der Waals surface area contributed by atoms with Crippen molar-refractivity contribution in [3.05, 3.63) is 28.7 Å². The molecule has 0 spiro atoms. The van der Waals surface area contributed by atoms with E-state index in [9.17, 15) is 13.2 Å². The lowest BCUT2D eigenvalue weighted by Gasteiger charge is -2.21. The van der Waals surface area contributed by atoms with Crippen molar-refractivity contribution < 1.29 is 8.42 Å². The molecule has 2 fully saturated rings. The van der Waals surface area contributed by atoms with Gasteiger partial charge in [-0.05, 0) is 43.6 Å². The Bertz CT molecular complexity index is 581. The highest BCUT2D eigenvalue weighted by atomic mass is 32.2. The minimum Gasteiger partial charge on any atom is -0.328 e. The first-order chi connectivity index (χ1) is 9.05. The van der Waals surface area contributed by atoms with Crippen molar-refractivity contribution in [3.63, 3.8) is 0 Å². The third-order valence-corrected chi connectivity index (χ3v) is 5.54. The molecule has 0 aromatic carbocycles. The molecule has 2 saturated carbocycles.